The number of aromatic nitrogens is 2. The number of hydrogen-bond donors (Lipinski definition) is 1. The Balaban J connectivity index is 2.16. The second-order valence-corrected chi connectivity index (χ2v) is 4.00. The van der Waals surface area contributed by atoms with Gasteiger partial charge in [-0.2, -0.15) is 0 Å². The predicted molar refractivity (Wildman–Crippen MR) is 59.3 cm³/mol. The molecule has 1 aliphatic rings. The standard InChI is InChI=1S/C11H15N3O3/c1-17-11(16)9-4-2-3-5-14(9)10(15)8-6-12-7-13-8/h6-7,9H,2-5H2,1H3,(H,12,13). The summed E-state index contributed by atoms with van der Waals surface area (Å²) in [4.78, 5) is 31.9. The number of esters is 1. The van der Waals surface area contributed by atoms with E-state index in [-0.39, 0.29) is 11.9 Å². The zero-order chi connectivity index (χ0) is 12.3. The first kappa shape index (κ1) is 11.6. The average Bonchev–Trinajstić information content (AvgIpc) is 2.91. The van der Waals surface area contributed by atoms with Gasteiger partial charge in [-0.3, -0.25) is 4.79 Å². The van der Waals surface area contributed by atoms with Crippen LogP contribution in [0.4, 0.5) is 0 Å². The average molecular weight is 237 g/mol. The number of rotatable bonds is 2. The number of amides is 1. The molecule has 6 nitrogen and oxygen atoms in total. The minimum atomic E-state index is -0.468. The maximum atomic E-state index is 12.1. The molecule has 17 heavy (non-hydrogen) atoms. The maximum absolute atomic E-state index is 12.1. The molecule has 0 spiro atoms. The predicted octanol–water partition coefficient (Wildman–Crippen LogP) is 0.577. The van der Waals surface area contributed by atoms with E-state index < -0.39 is 6.04 Å². The van der Waals surface area contributed by atoms with Gasteiger partial charge < -0.3 is 14.6 Å². The van der Waals surface area contributed by atoms with E-state index in [1.807, 2.05) is 0 Å². The van der Waals surface area contributed by atoms with Gasteiger partial charge in [-0.1, -0.05) is 0 Å². The summed E-state index contributed by atoms with van der Waals surface area (Å²) >= 11 is 0. The summed E-state index contributed by atoms with van der Waals surface area (Å²) in [6, 6.07) is -0.468. The Morgan fingerprint density at radius 3 is 3.00 bits per heavy atom. The van der Waals surface area contributed by atoms with Gasteiger partial charge in [-0.25, -0.2) is 9.78 Å². The molecule has 1 fully saturated rings. The molecule has 2 heterocycles. The quantitative estimate of drug-likeness (QED) is 0.763. The van der Waals surface area contributed by atoms with E-state index in [0.29, 0.717) is 18.7 Å². The number of aromatic amines is 1. The number of piperidine rings is 1. The van der Waals surface area contributed by atoms with Gasteiger partial charge in [0.15, 0.2) is 0 Å². The van der Waals surface area contributed by atoms with E-state index in [1.165, 1.54) is 19.6 Å². The van der Waals surface area contributed by atoms with Crippen LogP contribution in [0.15, 0.2) is 12.5 Å². The molecule has 2 rings (SSSR count). The number of hydrogen-bond acceptors (Lipinski definition) is 4. The van der Waals surface area contributed by atoms with Crippen LogP contribution in [0.2, 0.25) is 0 Å². The number of carbonyl (C=O) groups is 2. The maximum Gasteiger partial charge on any atom is 0.328 e. The number of likely N-dealkylation sites (tertiary alicyclic amines) is 1. The minimum absolute atomic E-state index is 0.197. The lowest BCUT2D eigenvalue weighted by Gasteiger charge is -2.33. The van der Waals surface area contributed by atoms with E-state index in [9.17, 15) is 9.59 Å². The molecular formula is C11H15N3O3. The first-order chi connectivity index (χ1) is 8.24. The number of carbonyl (C=O) groups excluding carboxylic acids is 2. The highest BCUT2D eigenvalue weighted by atomic mass is 16.5. The van der Waals surface area contributed by atoms with E-state index in [1.54, 1.807) is 4.90 Å². The first-order valence-electron chi connectivity index (χ1n) is 5.61. The molecule has 0 aromatic carbocycles. The van der Waals surface area contributed by atoms with Crippen LogP contribution in [0.3, 0.4) is 0 Å². The lowest BCUT2D eigenvalue weighted by molar-refractivity contribution is -0.147. The Bertz CT molecular complexity index is 402. The van der Waals surface area contributed by atoms with Crippen molar-refractivity contribution < 1.29 is 14.3 Å². The fraction of sp³-hybridized carbons (Fsp3) is 0.545. The van der Waals surface area contributed by atoms with Crippen LogP contribution in [0.1, 0.15) is 29.8 Å². The normalized spacial score (nSPS) is 20.1. The summed E-state index contributed by atoms with van der Waals surface area (Å²) in [5.74, 6) is -0.546. The van der Waals surface area contributed by atoms with Crippen LogP contribution in [0.5, 0.6) is 0 Å². The molecule has 6 heteroatoms. The molecule has 0 radical (unpaired) electrons. The lowest BCUT2D eigenvalue weighted by atomic mass is 10.0. The van der Waals surface area contributed by atoms with Crippen LogP contribution >= 0.6 is 0 Å². The van der Waals surface area contributed by atoms with Crippen LogP contribution in [-0.2, 0) is 9.53 Å². The second-order valence-electron chi connectivity index (χ2n) is 4.00. The third-order valence-electron chi connectivity index (χ3n) is 2.97. The molecule has 0 aliphatic carbocycles. The van der Waals surface area contributed by atoms with E-state index in [4.69, 9.17) is 4.74 Å². The van der Waals surface area contributed by atoms with Crippen molar-refractivity contribution in [3.63, 3.8) is 0 Å². The van der Waals surface area contributed by atoms with Gasteiger partial charge in [0, 0.05) is 6.54 Å². The Hall–Kier alpha value is -1.85. The monoisotopic (exact) mass is 237 g/mol. The Labute approximate surface area is 99.0 Å². The fourth-order valence-electron chi connectivity index (χ4n) is 2.08. The van der Waals surface area contributed by atoms with Crippen molar-refractivity contribution in [1.82, 2.24) is 14.9 Å². The van der Waals surface area contributed by atoms with Crippen LogP contribution in [0.25, 0.3) is 0 Å². The van der Waals surface area contributed by atoms with Gasteiger partial charge in [0.1, 0.15) is 11.7 Å². The van der Waals surface area contributed by atoms with E-state index >= 15 is 0 Å². The number of nitrogens with zero attached hydrogens (tertiary/aromatic N) is 2. The molecule has 92 valence electrons. The molecule has 1 aliphatic heterocycles. The summed E-state index contributed by atoms with van der Waals surface area (Å²) in [5, 5.41) is 0. The molecule has 0 saturated carbocycles. The molecule has 1 aromatic heterocycles. The third-order valence-corrected chi connectivity index (χ3v) is 2.97. The summed E-state index contributed by atoms with van der Waals surface area (Å²) in [7, 11) is 1.34. The van der Waals surface area contributed by atoms with Crippen molar-refractivity contribution in [2.45, 2.75) is 25.3 Å². The van der Waals surface area contributed by atoms with E-state index in [0.717, 1.165) is 12.8 Å². The minimum Gasteiger partial charge on any atom is -0.467 e. The Morgan fingerprint density at radius 1 is 1.53 bits per heavy atom. The molecule has 1 unspecified atom stereocenters. The molecule has 1 saturated heterocycles. The molecule has 1 amide bonds. The highest BCUT2D eigenvalue weighted by molar-refractivity contribution is 5.95. The Morgan fingerprint density at radius 2 is 2.35 bits per heavy atom. The van der Waals surface area contributed by atoms with Crippen molar-refractivity contribution in [3.8, 4) is 0 Å². The van der Waals surface area contributed by atoms with Gasteiger partial charge >= 0.3 is 5.97 Å². The number of ether oxygens (including phenoxy) is 1. The van der Waals surface area contributed by atoms with Gasteiger partial charge in [0.05, 0.1) is 19.6 Å². The number of H-pyrrole nitrogens is 1. The van der Waals surface area contributed by atoms with Gasteiger partial charge in [0.25, 0.3) is 5.91 Å². The molecule has 0 bridgehead atoms. The SMILES string of the molecule is COC(=O)C1CCCCN1C(=O)c1cnc[nH]1. The molecule has 1 atom stereocenters. The number of imidazole rings is 1. The number of methoxy groups -OCH3 is 1. The number of nitrogens with one attached hydrogen (secondary N) is 1. The largest absolute Gasteiger partial charge is 0.467 e. The summed E-state index contributed by atoms with van der Waals surface area (Å²) in [5.41, 5.74) is 0.404. The second kappa shape index (κ2) is 4.99. The van der Waals surface area contributed by atoms with Gasteiger partial charge in [-0.05, 0) is 19.3 Å². The van der Waals surface area contributed by atoms with Crippen LogP contribution in [-0.4, -0.2) is 46.4 Å². The Kier molecular flexibility index (Phi) is 3.41. The molecule has 1 N–H and O–H groups in total. The molecular weight excluding hydrogens is 222 g/mol. The highest BCUT2D eigenvalue weighted by Crippen LogP contribution is 2.19. The fourth-order valence-corrected chi connectivity index (χ4v) is 2.08. The molecule has 1 aromatic rings. The summed E-state index contributed by atoms with van der Waals surface area (Å²) in [6.07, 6.45) is 5.42. The third kappa shape index (κ3) is 2.30. The smallest absolute Gasteiger partial charge is 0.328 e. The van der Waals surface area contributed by atoms with Crippen molar-refractivity contribution in [2.24, 2.45) is 0 Å². The zero-order valence-electron chi connectivity index (χ0n) is 9.68. The van der Waals surface area contributed by atoms with Gasteiger partial charge in [0.2, 0.25) is 0 Å². The van der Waals surface area contributed by atoms with Crippen molar-refractivity contribution in [3.05, 3.63) is 18.2 Å². The van der Waals surface area contributed by atoms with Crippen LogP contribution in [0, 0.1) is 0 Å². The lowest BCUT2D eigenvalue weighted by Crippen LogP contribution is -2.48. The highest BCUT2D eigenvalue weighted by Gasteiger charge is 2.33. The summed E-state index contributed by atoms with van der Waals surface area (Å²) < 4.78 is 4.73. The van der Waals surface area contributed by atoms with Crippen molar-refractivity contribution in [2.75, 3.05) is 13.7 Å². The topological polar surface area (TPSA) is 75.3 Å². The summed E-state index contributed by atoms with van der Waals surface area (Å²) in [6.45, 7) is 0.581. The zero-order valence-corrected chi connectivity index (χ0v) is 9.68. The first-order valence-corrected chi connectivity index (χ1v) is 5.61. The van der Waals surface area contributed by atoms with E-state index in [2.05, 4.69) is 9.97 Å². The van der Waals surface area contributed by atoms with Crippen LogP contribution < -0.4 is 0 Å². The van der Waals surface area contributed by atoms with Gasteiger partial charge in [-0.15, -0.1) is 0 Å². The van der Waals surface area contributed by atoms with Crippen molar-refractivity contribution in [1.29, 1.82) is 0 Å². The van der Waals surface area contributed by atoms with Crippen molar-refractivity contribution >= 4 is 11.9 Å².